The van der Waals surface area contributed by atoms with Gasteiger partial charge in [0.1, 0.15) is 5.82 Å². The first-order chi connectivity index (χ1) is 6.77. The van der Waals surface area contributed by atoms with E-state index in [1.807, 2.05) is 11.6 Å². The maximum atomic E-state index is 13.7. The monoisotopic (exact) mass is 226 g/mol. The average Bonchev–Trinajstić information content (AvgIpc) is 2.62. The molecule has 0 radical (unpaired) electrons. The Kier molecular flexibility index (Phi) is 2.56. The van der Waals surface area contributed by atoms with Crippen LogP contribution in [0.5, 0.6) is 0 Å². The molecule has 1 aromatic carbocycles. The highest BCUT2D eigenvalue weighted by molar-refractivity contribution is 7.99. The maximum absolute atomic E-state index is 13.7. The molecular weight excluding hydrogens is 219 g/mol. The van der Waals surface area contributed by atoms with Gasteiger partial charge >= 0.3 is 0 Å². The molecule has 0 unspecified atom stereocenters. The van der Waals surface area contributed by atoms with Gasteiger partial charge in [-0.3, -0.25) is 4.79 Å². The average molecular weight is 226 g/mol. The number of thioether (sulfide) groups is 1. The summed E-state index contributed by atoms with van der Waals surface area (Å²) in [6, 6.07) is 3.30. The van der Waals surface area contributed by atoms with Gasteiger partial charge in [0.2, 0.25) is 0 Å². The Morgan fingerprint density at radius 2 is 2.29 bits per heavy atom. The third kappa shape index (κ3) is 1.35. The molecule has 0 spiro atoms. The van der Waals surface area contributed by atoms with Gasteiger partial charge in [0.05, 0.1) is 5.56 Å². The second-order valence-corrected chi connectivity index (χ2v) is 4.52. The lowest BCUT2D eigenvalue weighted by Crippen LogP contribution is -1.87. The number of halogens is 1. The van der Waals surface area contributed by atoms with Crippen LogP contribution in [0.1, 0.15) is 10.4 Å². The summed E-state index contributed by atoms with van der Waals surface area (Å²) in [5, 5.41) is 2.49. The third-order valence-electron chi connectivity index (χ3n) is 2.02. The number of hydrogen-bond acceptors (Lipinski definition) is 3. The third-order valence-corrected chi connectivity index (χ3v) is 3.88. The van der Waals surface area contributed by atoms with E-state index < -0.39 is 5.82 Å². The molecule has 0 aliphatic carbocycles. The van der Waals surface area contributed by atoms with Gasteiger partial charge in [0.25, 0.3) is 0 Å². The van der Waals surface area contributed by atoms with Crippen molar-refractivity contribution in [2.24, 2.45) is 0 Å². The van der Waals surface area contributed by atoms with E-state index in [1.54, 1.807) is 6.07 Å². The lowest BCUT2D eigenvalue weighted by Gasteiger charge is -1.98. The Morgan fingerprint density at radius 1 is 1.50 bits per heavy atom. The summed E-state index contributed by atoms with van der Waals surface area (Å²) in [5.74, 6) is -0.400. The van der Waals surface area contributed by atoms with Crippen LogP contribution >= 0.6 is 23.1 Å². The summed E-state index contributed by atoms with van der Waals surface area (Å²) >= 11 is 2.99. The van der Waals surface area contributed by atoms with E-state index in [0.717, 1.165) is 9.60 Å². The Labute approximate surface area is 88.9 Å². The molecular formula is C10H7FOS2. The van der Waals surface area contributed by atoms with Crippen LogP contribution in [0.4, 0.5) is 4.39 Å². The second kappa shape index (κ2) is 3.71. The summed E-state index contributed by atoms with van der Waals surface area (Å²) in [6.45, 7) is 0. The largest absolute Gasteiger partial charge is 0.298 e. The van der Waals surface area contributed by atoms with Gasteiger partial charge in [-0.15, -0.1) is 23.1 Å². The van der Waals surface area contributed by atoms with Crippen molar-refractivity contribution in [1.29, 1.82) is 0 Å². The highest BCUT2D eigenvalue weighted by Gasteiger charge is 2.11. The van der Waals surface area contributed by atoms with Crippen molar-refractivity contribution >= 4 is 39.5 Å². The van der Waals surface area contributed by atoms with Crippen LogP contribution in [0.2, 0.25) is 0 Å². The molecule has 1 nitrogen and oxygen atoms in total. The molecule has 0 fully saturated rings. The standard InChI is InChI=1S/C10H7FOS2/c1-13-8-5-14-7-3-2-6(4-12)10(11)9(7)8/h2-5H,1H3. The normalized spacial score (nSPS) is 10.7. The summed E-state index contributed by atoms with van der Waals surface area (Å²) in [7, 11) is 0. The molecule has 2 aromatic rings. The van der Waals surface area contributed by atoms with Gasteiger partial charge < -0.3 is 0 Å². The van der Waals surface area contributed by atoms with Crippen molar-refractivity contribution in [2.45, 2.75) is 4.90 Å². The number of thiophene rings is 1. The van der Waals surface area contributed by atoms with E-state index in [0.29, 0.717) is 11.7 Å². The number of fused-ring (bicyclic) bond motifs is 1. The van der Waals surface area contributed by atoms with Crippen LogP contribution in [-0.4, -0.2) is 12.5 Å². The fourth-order valence-corrected chi connectivity index (χ4v) is 3.13. The van der Waals surface area contributed by atoms with Gasteiger partial charge in [-0.2, -0.15) is 0 Å². The topological polar surface area (TPSA) is 17.1 Å². The molecule has 4 heteroatoms. The molecule has 1 heterocycles. The molecule has 2 rings (SSSR count). The lowest BCUT2D eigenvalue weighted by atomic mass is 10.2. The van der Waals surface area contributed by atoms with Crippen molar-refractivity contribution in [2.75, 3.05) is 6.26 Å². The number of carbonyl (C=O) groups is 1. The van der Waals surface area contributed by atoms with Crippen LogP contribution in [0.25, 0.3) is 10.1 Å². The molecule has 0 saturated carbocycles. The molecule has 0 amide bonds. The highest BCUT2D eigenvalue weighted by atomic mass is 32.2. The van der Waals surface area contributed by atoms with Crippen LogP contribution < -0.4 is 0 Å². The molecule has 0 saturated heterocycles. The van der Waals surface area contributed by atoms with E-state index in [4.69, 9.17) is 0 Å². The first-order valence-electron chi connectivity index (χ1n) is 3.96. The number of hydrogen-bond donors (Lipinski definition) is 0. The van der Waals surface area contributed by atoms with Crippen molar-refractivity contribution in [3.8, 4) is 0 Å². The molecule has 0 N–H and O–H groups in total. The molecule has 0 atom stereocenters. The predicted octanol–water partition coefficient (Wildman–Crippen LogP) is 3.57. The fourth-order valence-electron chi connectivity index (χ4n) is 1.32. The summed E-state index contributed by atoms with van der Waals surface area (Å²) in [4.78, 5) is 11.4. The van der Waals surface area contributed by atoms with Gasteiger partial charge in [-0.05, 0) is 18.4 Å². The second-order valence-electron chi connectivity index (χ2n) is 2.76. The SMILES string of the molecule is CSc1csc2ccc(C=O)c(F)c12. The number of rotatable bonds is 2. The van der Waals surface area contributed by atoms with Crippen LogP contribution in [-0.2, 0) is 0 Å². The van der Waals surface area contributed by atoms with E-state index in [1.165, 1.54) is 29.2 Å². The van der Waals surface area contributed by atoms with Gasteiger partial charge in [0, 0.05) is 20.4 Å². The van der Waals surface area contributed by atoms with E-state index in [-0.39, 0.29) is 5.56 Å². The van der Waals surface area contributed by atoms with Gasteiger partial charge in [-0.25, -0.2) is 4.39 Å². The summed E-state index contributed by atoms with van der Waals surface area (Å²) in [5.41, 5.74) is 0.131. The van der Waals surface area contributed by atoms with Crippen molar-refractivity contribution in [3.05, 3.63) is 28.9 Å². The van der Waals surface area contributed by atoms with E-state index in [2.05, 4.69) is 0 Å². The van der Waals surface area contributed by atoms with Crippen LogP contribution in [0.3, 0.4) is 0 Å². The van der Waals surface area contributed by atoms with Crippen LogP contribution in [0, 0.1) is 5.82 Å². The number of aldehydes is 1. The predicted molar refractivity (Wildman–Crippen MR) is 59.0 cm³/mol. The van der Waals surface area contributed by atoms with Crippen LogP contribution in [0.15, 0.2) is 22.4 Å². The highest BCUT2D eigenvalue weighted by Crippen LogP contribution is 2.34. The quantitative estimate of drug-likeness (QED) is 0.575. The fraction of sp³-hybridized carbons (Fsp3) is 0.100. The zero-order valence-corrected chi connectivity index (χ0v) is 9.05. The van der Waals surface area contributed by atoms with E-state index >= 15 is 0 Å². The van der Waals surface area contributed by atoms with Crippen molar-refractivity contribution < 1.29 is 9.18 Å². The minimum atomic E-state index is -0.400. The first-order valence-corrected chi connectivity index (χ1v) is 6.07. The maximum Gasteiger partial charge on any atom is 0.153 e. The number of benzene rings is 1. The molecule has 0 aliphatic heterocycles. The Hall–Kier alpha value is -0.870. The van der Waals surface area contributed by atoms with Gasteiger partial charge in [0.15, 0.2) is 6.29 Å². The summed E-state index contributed by atoms with van der Waals surface area (Å²) < 4.78 is 14.6. The number of carbonyl (C=O) groups excluding carboxylic acids is 1. The van der Waals surface area contributed by atoms with Crippen molar-refractivity contribution in [3.63, 3.8) is 0 Å². The molecule has 0 aliphatic rings. The molecule has 1 aromatic heterocycles. The minimum absolute atomic E-state index is 0.131. The minimum Gasteiger partial charge on any atom is -0.298 e. The molecule has 72 valence electrons. The van der Waals surface area contributed by atoms with E-state index in [9.17, 15) is 9.18 Å². The zero-order chi connectivity index (χ0) is 10.1. The Morgan fingerprint density at radius 3 is 2.93 bits per heavy atom. The zero-order valence-electron chi connectivity index (χ0n) is 7.41. The van der Waals surface area contributed by atoms with Gasteiger partial charge in [-0.1, -0.05) is 0 Å². The van der Waals surface area contributed by atoms with Crippen molar-refractivity contribution in [1.82, 2.24) is 0 Å². The smallest absolute Gasteiger partial charge is 0.153 e. The Bertz CT molecular complexity index is 490. The summed E-state index contributed by atoms with van der Waals surface area (Å²) in [6.07, 6.45) is 2.45. The Balaban J connectivity index is 2.83. The molecule has 0 bridgehead atoms. The lowest BCUT2D eigenvalue weighted by molar-refractivity contribution is 0.112. The first kappa shape index (κ1) is 9.68. The molecule has 14 heavy (non-hydrogen) atoms.